The van der Waals surface area contributed by atoms with Gasteiger partial charge in [-0.15, -0.1) is 0 Å². The topological polar surface area (TPSA) is 26.3 Å². The number of Topliss-reactive ketones (excluding diaryl/α,β-unsaturated/α-hetero) is 1. The molecule has 0 aliphatic rings. The highest BCUT2D eigenvalue weighted by Gasteiger charge is 2.25. The van der Waals surface area contributed by atoms with Crippen LogP contribution in [0.2, 0.25) is 0 Å². The normalized spacial score (nSPS) is 12.1. The highest BCUT2D eigenvalue weighted by Crippen LogP contribution is 2.35. The molecular formula is C13H12O2S4. The Hall–Kier alpha value is -0.690. The summed E-state index contributed by atoms with van der Waals surface area (Å²) in [5.41, 5.74) is 1.71. The lowest BCUT2D eigenvalue weighted by molar-refractivity contribution is 0.0990. The van der Waals surface area contributed by atoms with Crippen molar-refractivity contribution in [2.45, 2.75) is 12.2 Å². The highest BCUT2D eigenvalue weighted by molar-refractivity contribution is 8.23. The molecule has 0 aliphatic carbocycles. The van der Waals surface area contributed by atoms with Gasteiger partial charge in [0.15, 0.2) is 5.78 Å². The lowest BCUT2D eigenvalue weighted by Gasteiger charge is -2.14. The van der Waals surface area contributed by atoms with Gasteiger partial charge in [0, 0.05) is 10.9 Å². The van der Waals surface area contributed by atoms with Crippen LogP contribution in [-0.2, 0) is 4.74 Å². The molecule has 0 fully saturated rings. The van der Waals surface area contributed by atoms with E-state index in [4.69, 9.17) is 17.0 Å². The summed E-state index contributed by atoms with van der Waals surface area (Å²) in [6.45, 7) is 2.40. The minimum absolute atomic E-state index is 0.0757. The van der Waals surface area contributed by atoms with Crippen LogP contribution in [0.5, 0.6) is 0 Å². The predicted octanol–water partition coefficient (Wildman–Crippen LogP) is 4.79. The van der Waals surface area contributed by atoms with Crippen molar-refractivity contribution in [2.75, 3.05) is 6.61 Å². The van der Waals surface area contributed by atoms with E-state index in [0.29, 0.717) is 11.0 Å². The Morgan fingerprint density at radius 3 is 2.68 bits per heavy atom. The van der Waals surface area contributed by atoms with E-state index in [9.17, 15) is 4.79 Å². The Morgan fingerprint density at radius 2 is 2.11 bits per heavy atom. The molecule has 1 unspecified atom stereocenters. The second-order valence-corrected chi connectivity index (χ2v) is 6.88. The summed E-state index contributed by atoms with van der Waals surface area (Å²) >= 11 is 9.55. The molecule has 6 heteroatoms. The van der Waals surface area contributed by atoms with Gasteiger partial charge in [0.2, 0.25) is 4.38 Å². The summed E-state index contributed by atoms with van der Waals surface area (Å²) in [4.78, 5) is 12.5. The van der Waals surface area contributed by atoms with E-state index in [1.807, 2.05) is 40.6 Å². The van der Waals surface area contributed by atoms with Gasteiger partial charge in [0.05, 0.1) is 6.61 Å². The van der Waals surface area contributed by atoms with Gasteiger partial charge in [0.25, 0.3) is 0 Å². The second kappa shape index (κ2) is 7.19. The molecule has 2 nitrogen and oxygen atoms in total. The first kappa shape index (κ1) is 14.7. The number of ether oxygens (including phenoxy) is 1. The molecule has 2 aromatic rings. The van der Waals surface area contributed by atoms with Crippen LogP contribution in [0, 0.1) is 0 Å². The van der Waals surface area contributed by atoms with Crippen molar-refractivity contribution in [2.24, 2.45) is 0 Å². The fourth-order valence-electron chi connectivity index (χ4n) is 1.50. The van der Waals surface area contributed by atoms with Crippen LogP contribution in [-0.4, -0.2) is 16.8 Å². The molecule has 0 spiro atoms. The van der Waals surface area contributed by atoms with Crippen LogP contribution in [0.1, 0.15) is 28.1 Å². The molecule has 0 saturated heterocycles. The maximum absolute atomic E-state index is 12.5. The van der Waals surface area contributed by atoms with Gasteiger partial charge < -0.3 is 4.74 Å². The number of thioether (sulfide) groups is 1. The zero-order valence-corrected chi connectivity index (χ0v) is 13.5. The van der Waals surface area contributed by atoms with Crippen molar-refractivity contribution in [1.29, 1.82) is 0 Å². The van der Waals surface area contributed by atoms with E-state index in [1.165, 1.54) is 23.1 Å². The quantitative estimate of drug-likeness (QED) is 0.582. The smallest absolute Gasteiger partial charge is 0.221 e. The van der Waals surface area contributed by atoms with Crippen LogP contribution in [0.25, 0.3) is 0 Å². The summed E-state index contributed by atoms with van der Waals surface area (Å²) in [7, 11) is 0. The molecule has 0 aromatic carbocycles. The van der Waals surface area contributed by atoms with Crippen LogP contribution in [0.3, 0.4) is 0 Å². The van der Waals surface area contributed by atoms with Crippen molar-refractivity contribution in [3.8, 4) is 0 Å². The molecule has 2 aromatic heterocycles. The van der Waals surface area contributed by atoms with Gasteiger partial charge in [0.1, 0.15) is 5.25 Å². The standard InChI is InChI=1S/C13H12O2S4/c1-2-15-13(16)19-12(10-4-6-18-8-10)11(14)9-3-5-17-7-9/h3-8,12H,2H2,1H3. The zero-order chi connectivity index (χ0) is 13.7. The molecule has 0 radical (unpaired) electrons. The van der Waals surface area contributed by atoms with E-state index in [0.717, 1.165) is 11.1 Å². The van der Waals surface area contributed by atoms with E-state index < -0.39 is 0 Å². The SMILES string of the molecule is CCOC(=S)SC(C(=O)c1ccsc1)c1ccsc1. The summed E-state index contributed by atoms with van der Waals surface area (Å²) in [6.07, 6.45) is 0. The lowest BCUT2D eigenvalue weighted by atomic mass is 10.1. The number of hydrogen-bond donors (Lipinski definition) is 0. The largest absolute Gasteiger partial charge is 0.479 e. The van der Waals surface area contributed by atoms with Gasteiger partial charge in [-0.3, -0.25) is 4.79 Å². The third kappa shape index (κ3) is 3.89. The van der Waals surface area contributed by atoms with Crippen molar-refractivity contribution < 1.29 is 9.53 Å². The number of carbonyl (C=O) groups is 1. The molecule has 0 amide bonds. The van der Waals surface area contributed by atoms with Crippen molar-refractivity contribution in [3.05, 3.63) is 44.8 Å². The first-order valence-corrected chi connectivity index (χ1v) is 8.81. The molecule has 0 N–H and O–H groups in total. The number of ketones is 1. The van der Waals surface area contributed by atoms with Crippen LogP contribution < -0.4 is 0 Å². The molecule has 2 rings (SSSR count). The van der Waals surface area contributed by atoms with Crippen LogP contribution >= 0.6 is 46.7 Å². The summed E-state index contributed by atoms with van der Waals surface area (Å²) in [5.74, 6) is 0.0757. The number of rotatable bonds is 5. The van der Waals surface area contributed by atoms with Crippen molar-refractivity contribution in [3.63, 3.8) is 0 Å². The lowest BCUT2D eigenvalue weighted by Crippen LogP contribution is -2.11. The van der Waals surface area contributed by atoms with Crippen molar-refractivity contribution >= 4 is 56.8 Å². The Balaban J connectivity index is 2.20. The molecule has 100 valence electrons. The fraction of sp³-hybridized carbons (Fsp3) is 0.231. The zero-order valence-electron chi connectivity index (χ0n) is 10.2. The minimum Gasteiger partial charge on any atom is -0.479 e. The minimum atomic E-state index is -0.320. The second-order valence-electron chi connectivity index (χ2n) is 3.61. The maximum Gasteiger partial charge on any atom is 0.221 e. The van der Waals surface area contributed by atoms with E-state index in [1.54, 1.807) is 11.3 Å². The molecule has 0 aliphatic heterocycles. The van der Waals surface area contributed by atoms with Gasteiger partial charge >= 0.3 is 0 Å². The van der Waals surface area contributed by atoms with Crippen molar-refractivity contribution in [1.82, 2.24) is 0 Å². The number of thiophene rings is 2. The van der Waals surface area contributed by atoms with Gasteiger partial charge in [-0.2, -0.15) is 22.7 Å². The molecule has 19 heavy (non-hydrogen) atoms. The maximum atomic E-state index is 12.5. The van der Waals surface area contributed by atoms with Gasteiger partial charge in [-0.1, -0.05) is 11.8 Å². The predicted molar refractivity (Wildman–Crippen MR) is 87.5 cm³/mol. The molecule has 0 saturated carbocycles. The van der Waals surface area contributed by atoms with Gasteiger partial charge in [-0.25, -0.2) is 0 Å². The van der Waals surface area contributed by atoms with E-state index >= 15 is 0 Å². The monoisotopic (exact) mass is 328 g/mol. The first-order valence-electron chi connectivity index (χ1n) is 5.64. The Bertz CT molecular complexity index is 531. The Morgan fingerprint density at radius 1 is 1.37 bits per heavy atom. The third-order valence-corrected chi connectivity index (χ3v) is 5.19. The molecule has 0 bridgehead atoms. The molecule has 1 atom stereocenters. The number of thiocarbonyl (C=S) groups is 1. The van der Waals surface area contributed by atoms with E-state index in [2.05, 4.69) is 0 Å². The average Bonchev–Trinajstić information content (AvgIpc) is 3.07. The third-order valence-electron chi connectivity index (χ3n) is 2.37. The molecule has 2 heterocycles. The highest BCUT2D eigenvalue weighted by atomic mass is 32.2. The summed E-state index contributed by atoms with van der Waals surface area (Å²) in [5, 5.41) is 7.40. The average molecular weight is 329 g/mol. The Labute approximate surface area is 129 Å². The van der Waals surface area contributed by atoms with Crippen LogP contribution in [0.15, 0.2) is 33.7 Å². The first-order chi connectivity index (χ1) is 9.22. The molecular weight excluding hydrogens is 316 g/mol. The number of hydrogen-bond acceptors (Lipinski definition) is 6. The number of carbonyl (C=O) groups excluding carboxylic acids is 1. The fourth-order valence-corrected chi connectivity index (χ4v) is 4.23. The summed E-state index contributed by atoms with van der Waals surface area (Å²) in [6, 6.07) is 3.80. The summed E-state index contributed by atoms with van der Waals surface area (Å²) < 4.78 is 5.70. The van der Waals surface area contributed by atoms with Gasteiger partial charge in [-0.05, 0) is 53.0 Å². The Kier molecular flexibility index (Phi) is 5.57. The van der Waals surface area contributed by atoms with Crippen LogP contribution in [0.4, 0.5) is 0 Å². The van der Waals surface area contributed by atoms with E-state index in [-0.39, 0.29) is 11.0 Å².